The summed E-state index contributed by atoms with van der Waals surface area (Å²) in [6.45, 7) is 5.38. The van der Waals surface area contributed by atoms with Gasteiger partial charge in [0.1, 0.15) is 5.82 Å². The lowest BCUT2D eigenvalue weighted by molar-refractivity contribution is -0.0392. The first-order valence-electron chi connectivity index (χ1n) is 6.70. The molecule has 0 N–H and O–H groups in total. The summed E-state index contributed by atoms with van der Waals surface area (Å²) in [5.41, 5.74) is -0.615. The quantitative estimate of drug-likeness (QED) is 0.774. The van der Waals surface area contributed by atoms with Crippen molar-refractivity contribution >= 4 is 19.7 Å². The highest BCUT2D eigenvalue weighted by Crippen LogP contribution is 2.41. The zero-order valence-corrected chi connectivity index (χ0v) is 13.7. The van der Waals surface area contributed by atoms with E-state index in [0.29, 0.717) is 5.82 Å². The van der Waals surface area contributed by atoms with E-state index in [4.69, 9.17) is 10.7 Å². The van der Waals surface area contributed by atoms with Crippen molar-refractivity contribution in [1.29, 1.82) is 0 Å². The fraction of sp³-hybridized carbons (Fsp3) is 0.833. The Bertz CT molecular complexity index is 627. The first-order chi connectivity index (χ1) is 9.42. The van der Waals surface area contributed by atoms with Crippen LogP contribution in [0, 0.1) is 0 Å². The second-order valence-electron chi connectivity index (χ2n) is 6.42. The molecule has 0 atom stereocenters. The highest BCUT2D eigenvalue weighted by atomic mass is 35.7. The van der Waals surface area contributed by atoms with Crippen LogP contribution in [-0.2, 0) is 14.6 Å². The second kappa shape index (κ2) is 5.15. The number of hydrogen-bond acceptors (Lipinski definition) is 4. The molecule has 1 aromatic heterocycles. The summed E-state index contributed by atoms with van der Waals surface area (Å²) in [5.74, 6) is -2.47. The van der Waals surface area contributed by atoms with E-state index in [1.54, 1.807) is 20.8 Å². The smallest absolute Gasteiger partial charge is 0.295 e. The van der Waals surface area contributed by atoms with Crippen molar-refractivity contribution in [1.82, 2.24) is 14.8 Å². The van der Waals surface area contributed by atoms with Gasteiger partial charge in [-0.3, -0.25) is 4.57 Å². The molecule has 9 heteroatoms. The van der Waals surface area contributed by atoms with Gasteiger partial charge in [-0.15, -0.1) is 10.2 Å². The second-order valence-corrected chi connectivity index (χ2v) is 8.87. The Hall–Kier alpha value is -0.760. The summed E-state index contributed by atoms with van der Waals surface area (Å²) in [6.07, 6.45) is 0.0579. The van der Waals surface area contributed by atoms with Gasteiger partial charge in [0.2, 0.25) is 5.92 Å². The molecule has 1 heterocycles. The van der Waals surface area contributed by atoms with Crippen LogP contribution in [0.3, 0.4) is 0 Å². The molecule has 1 fully saturated rings. The number of aromatic nitrogens is 3. The Morgan fingerprint density at radius 3 is 2.19 bits per heavy atom. The van der Waals surface area contributed by atoms with E-state index in [0.717, 1.165) is 0 Å². The maximum atomic E-state index is 13.3. The van der Waals surface area contributed by atoms with Gasteiger partial charge in [-0.25, -0.2) is 17.2 Å². The van der Waals surface area contributed by atoms with Crippen molar-refractivity contribution in [2.24, 2.45) is 0 Å². The van der Waals surface area contributed by atoms with Gasteiger partial charge in [-0.1, -0.05) is 0 Å². The van der Waals surface area contributed by atoms with E-state index in [2.05, 4.69) is 10.2 Å². The maximum Gasteiger partial charge on any atom is 0.296 e. The van der Waals surface area contributed by atoms with Crippen molar-refractivity contribution in [3.8, 4) is 0 Å². The summed E-state index contributed by atoms with van der Waals surface area (Å²) in [4.78, 5) is 0. The molecule has 0 amide bonds. The lowest BCUT2D eigenvalue weighted by atomic mass is 9.86. The van der Waals surface area contributed by atoms with E-state index in [1.165, 1.54) is 4.57 Å². The highest BCUT2D eigenvalue weighted by molar-refractivity contribution is 8.13. The average molecular weight is 342 g/mol. The molecule has 0 unspecified atom stereocenters. The minimum atomic E-state index is -4.04. The number of hydrogen-bond donors (Lipinski definition) is 0. The third-order valence-electron chi connectivity index (χ3n) is 3.63. The molecule has 5 nitrogen and oxygen atoms in total. The topological polar surface area (TPSA) is 64.8 Å². The van der Waals surface area contributed by atoms with E-state index < -0.39 is 20.5 Å². The minimum absolute atomic E-state index is 0.225. The Morgan fingerprint density at radius 2 is 1.76 bits per heavy atom. The third-order valence-corrected chi connectivity index (χ3v) is 4.74. The summed E-state index contributed by atoms with van der Waals surface area (Å²) in [6, 6.07) is 0. The fourth-order valence-corrected chi connectivity index (χ4v) is 3.66. The van der Waals surface area contributed by atoms with Crippen LogP contribution >= 0.6 is 10.7 Å². The molecule has 1 saturated carbocycles. The summed E-state index contributed by atoms with van der Waals surface area (Å²) < 4.78 is 51.2. The zero-order chi connectivity index (χ0) is 16.1. The number of rotatable bonds is 2. The van der Waals surface area contributed by atoms with Gasteiger partial charge in [0.25, 0.3) is 14.2 Å². The number of nitrogens with zero attached hydrogens (tertiary/aromatic N) is 3. The molecular formula is C12H18ClF2N3O2S. The molecule has 0 saturated heterocycles. The van der Waals surface area contributed by atoms with Crippen molar-refractivity contribution in [3.05, 3.63) is 5.82 Å². The zero-order valence-electron chi connectivity index (χ0n) is 12.1. The largest absolute Gasteiger partial charge is 0.296 e. The van der Waals surface area contributed by atoms with Crippen molar-refractivity contribution in [2.45, 2.75) is 69.0 Å². The Labute approximate surface area is 127 Å². The van der Waals surface area contributed by atoms with Gasteiger partial charge in [0, 0.05) is 35.0 Å². The molecule has 21 heavy (non-hydrogen) atoms. The Morgan fingerprint density at radius 1 is 1.24 bits per heavy atom. The van der Waals surface area contributed by atoms with Gasteiger partial charge in [0.05, 0.1) is 0 Å². The molecular weight excluding hydrogens is 324 g/mol. The predicted molar refractivity (Wildman–Crippen MR) is 74.2 cm³/mol. The molecule has 120 valence electrons. The number of alkyl halides is 2. The molecule has 1 aromatic rings. The monoisotopic (exact) mass is 341 g/mol. The Balaban J connectivity index is 2.44. The van der Waals surface area contributed by atoms with Gasteiger partial charge >= 0.3 is 0 Å². The van der Waals surface area contributed by atoms with E-state index in [1.807, 2.05) is 0 Å². The van der Waals surface area contributed by atoms with Gasteiger partial charge in [-0.05, 0) is 33.6 Å². The van der Waals surface area contributed by atoms with Gasteiger partial charge in [-0.2, -0.15) is 0 Å². The lowest BCUT2D eigenvalue weighted by Crippen LogP contribution is -2.30. The maximum absolute atomic E-state index is 13.3. The van der Waals surface area contributed by atoms with Crippen molar-refractivity contribution < 1.29 is 17.2 Å². The SMILES string of the molecule is CC(C)(C)n1c(C2CCC(F)(F)CC2)nnc1S(=O)(=O)Cl. The fourth-order valence-electron chi connectivity index (χ4n) is 2.63. The first kappa shape index (κ1) is 16.6. The van der Waals surface area contributed by atoms with Crippen LogP contribution < -0.4 is 0 Å². The lowest BCUT2D eigenvalue weighted by Gasteiger charge is -2.31. The van der Waals surface area contributed by atoms with Crippen LogP contribution in [0.2, 0.25) is 0 Å². The van der Waals surface area contributed by atoms with Crippen LogP contribution in [0.4, 0.5) is 8.78 Å². The molecule has 2 rings (SSSR count). The van der Waals surface area contributed by atoms with Crippen LogP contribution in [0.25, 0.3) is 0 Å². The standard InChI is InChI=1S/C12H18ClF2N3O2S/c1-11(2,3)18-9(16-17-10(18)21(13,19)20)8-4-6-12(14,15)7-5-8/h8H,4-7H2,1-3H3. The minimum Gasteiger partial charge on any atom is -0.295 e. The summed E-state index contributed by atoms with van der Waals surface area (Å²) >= 11 is 0. The van der Waals surface area contributed by atoms with Crippen molar-refractivity contribution in [2.75, 3.05) is 0 Å². The molecule has 0 aliphatic heterocycles. The van der Waals surface area contributed by atoms with Crippen LogP contribution in [0.5, 0.6) is 0 Å². The normalized spacial score (nSPS) is 20.7. The molecule has 0 bridgehead atoms. The van der Waals surface area contributed by atoms with Crippen LogP contribution in [0.15, 0.2) is 5.16 Å². The summed E-state index contributed by atoms with van der Waals surface area (Å²) in [7, 11) is 1.35. The Kier molecular flexibility index (Phi) is 4.08. The molecule has 0 radical (unpaired) electrons. The molecule has 0 aromatic carbocycles. The van der Waals surface area contributed by atoms with Crippen LogP contribution in [0.1, 0.15) is 58.2 Å². The van der Waals surface area contributed by atoms with Gasteiger partial charge < -0.3 is 0 Å². The van der Waals surface area contributed by atoms with E-state index in [9.17, 15) is 17.2 Å². The van der Waals surface area contributed by atoms with E-state index >= 15 is 0 Å². The summed E-state index contributed by atoms with van der Waals surface area (Å²) in [5, 5.41) is 7.27. The van der Waals surface area contributed by atoms with Crippen LogP contribution in [-0.4, -0.2) is 29.1 Å². The predicted octanol–water partition coefficient (Wildman–Crippen LogP) is 3.25. The first-order valence-corrected chi connectivity index (χ1v) is 9.01. The van der Waals surface area contributed by atoms with Crippen molar-refractivity contribution in [3.63, 3.8) is 0 Å². The molecule has 0 spiro atoms. The highest BCUT2D eigenvalue weighted by Gasteiger charge is 2.39. The third kappa shape index (κ3) is 3.53. The number of halogens is 3. The average Bonchev–Trinajstić information content (AvgIpc) is 2.72. The molecule has 1 aliphatic rings. The van der Waals surface area contributed by atoms with Gasteiger partial charge in [0.15, 0.2) is 0 Å². The van der Waals surface area contributed by atoms with E-state index in [-0.39, 0.29) is 36.8 Å². The molecule has 1 aliphatic carbocycles.